The van der Waals surface area contributed by atoms with Gasteiger partial charge < -0.3 is 15.0 Å². The molecule has 10 heteroatoms. The van der Waals surface area contributed by atoms with Gasteiger partial charge in [0.05, 0.1) is 4.90 Å². The topological polar surface area (TPSA) is 126 Å². The number of hydrogen-bond acceptors (Lipinski definition) is 6. The predicted molar refractivity (Wildman–Crippen MR) is 103 cm³/mol. The molecule has 2 rings (SSSR count). The van der Waals surface area contributed by atoms with Gasteiger partial charge in [-0.2, -0.15) is 4.31 Å². The zero-order valence-electron chi connectivity index (χ0n) is 15.6. The van der Waals surface area contributed by atoms with Gasteiger partial charge in [0.1, 0.15) is 5.56 Å². The van der Waals surface area contributed by atoms with Crippen LogP contribution in [0, 0.1) is 0 Å². The molecule has 0 atom stereocenters. The third-order valence-electron chi connectivity index (χ3n) is 3.91. The second-order valence-electron chi connectivity index (χ2n) is 6.18. The highest BCUT2D eigenvalue weighted by atomic mass is 32.2. The lowest BCUT2D eigenvalue weighted by atomic mass is 10.3. The molecule has 2 aromatic rings. The first-order valence-electron chi connectivity index (χ1n) is 8.35. The maximum Gasteiger partial charge on any atom is 0.344 e. The number of amides is 1. The molecule has 0 fully saturated rings. The number of nitrogens with zero attached hydrogens (tertiary/aromatic N) is 1. The first-order valence-corrected chi connectivity index (χ1v) is 9.79. The van der Waals surface area contributed by atoms with Gasteiger partial charge in [-0.25, -0.2) is 13.2 Å². The summed E-state index contributed by atoms with van der Waals surface area (Å²) in [4.78, 5) is 37.6. The fourth-order valence-electron chi connectivity index (χ4n) is 2.14. The molecule has 1 amide bonds. The number of carbonyl (C=O) groups excluding carboxylic acids is 2. The van der Waals surface area contributed by atoms with Gasteiger partial charge in [0, 0.05) is 25.0 Å². The Hall–Kier alpha value is -2.98. The molecular weight excluding hydrogens is 386 g/mol. The summed E-state index contributed by atoms with van der Waals surface area (Å²) in [5, 5.41) is 2.48. The van der Waals surface area contributed by atoms with Gasteiger partial charge in [-0.15, -0.1) is 0 Å². The molecule has 150 valence electrons. The Morgan fingerprint density at radius 1 is 1.18 bits per heavy atom. The van der Waals surface area contributed by atoms with Crippen LogP contribution in [0.4, 0.5) is 5.69 Å². The number of aromatic amines is 1. The van der Waals surface area contributed by atoms with Crippen LogP contribution >= 0.6 is 0 Å². The van der Waals surface area contributed by atoms with E-state index in [0.29, 0.717) is 5.69 Å². The minimum Gasteiger partial charge on any atom is -0.452 e. The number of aromatic nitrogens is 1. The summed E-state index contributed by atoms with van der Waals surface area (Å²) in [5.74, 6) is -1.55. The van der Waals surface area contributed by atoms with E-state index in [1.165, 1.54) is 53.9 Å². The van der Waals surface area contributed by atoms with Crippen molar-refractivity contribution < 1.29 is 22.7 Å². The number of benzene rings is 1. The molecular formula is C18H21N3O6S. The summed E-state index contributed by atoms with van der Waals surface area (Å²) in [6.45, 7) is 2.93. The van der Waals surface area contributed by atoms with Gasteiger partial charge in [0.2, 0.25) is 10.0 Å². The highest BCUT2D eigenvalue weighted by Crippen LogP contribution is 2.19. The lowest BCUT2D eigenvalue weighted by molar-refractivity contribution is -0.119. The predicted octanol–water partition coefficient (Wildman–Crippen LogP) is 1.20. The molecule has 2 N–H and O–H groups in total. The van der Waals surface area contributed by atoms with Crippen molar-refractivity contribution in [2.24, 2.45) is 0 Å². The van der Waals surface area contributed by atoms with Crippen LogP contribution in [0.5, 0.6) is 0 Å². The minimum absolute atomic E-state index is 0.0939. The number of hydrogen-bond donors (Lipinski definition) is 2. The van der Waals surface area contributed by atoms with Crippen LogP contribution in [0.15, 0.2) is 52.3 Å². The average Bonchev–Trinajstić information content (AvgIpc) is 2.66. The van der Waals surface area contributed by atoms with Crippen molar-refractivity contribution in [1.82, 2.24) is 9.29 Å². The van der Waals surface area contributed by atoms with Gasteiger partial charge in [0.15, 0.2) is 6.61 Å². The van der Waals surface area contributed by atoms with E-state index in [0.717, 1.165) is 0 Å². The van der Waals surface area contributed by atoms with E-state index in [4.69, 9.17) is 4.74 Å². The Bertz CT molecular complexity index is 1010. The number of nitrogens with one attached hydrogen (secondary N) is 2. The highest BCUT2D eigenvalue weighted by Gasteiger charge is 2.23. The molecule has 1 heterocycles. The van der Waals surface area contributed by atoms with Gasteiger partial charge in [0.25, 0.3) is 11.5 Å². The number of ether oxygens (including phenoxy) is 1. The third-order valence-corrected chi connectivity index (χ3v) is 5.96. The fraction of sp³-hybridized carbons (Fsp3) is 0.278. The van der Waals surface area contributed by atoms with Crippen LogP contribution in [0.25, 0.3) is 0 Å². The van der Waals surface area contributed by atoms with Crippen molar-refractivity contribution in [3.05, 3.63) is 58.5 Å². The van der Waals surface area contributed by atoms with E-state index < -0.39 is 34.1 Å². The molecule has 0 saturated carbocycles. The number of carbonyl (C=O) groups is 2. The van der Waals surface area contributed by atoms with Crippen molar-refractivity contribution in [3.8, 4) is 0 Å². The van der Waals surface area contributed by atoms with E-state index in [2.05, 4.69) is 10.3 Å². The Morgan fingerprint density at radius 3 is 2.39 bits per heavy atom. The number of pyridine rings is 1. The Morgan fingerprint density at radius 2 is 1.82 bits per heavy atom. The van der Waals surface area contributed by atoms with Crippen molar-refractivity contribution >= 4 is 27.6 Å². The summed E-state index contributed by atoms with van der Waals surface area (Å²) in [6.07, 6.45) is 1.37. The molecule has 9 nitrogen and oxygen atoms in total. The molecule has 0 spiro atoms. The number of sulfonamides is 1. The van der Waals surface area contributed by atoms with Crippen LogP contribution < -0.4 is 10.9 Å². The normalized spacial score (nSPS) is 11.5. The molecule has 0 aliphatic heterocycles. The number of anilines is 1. The average molecular weight is 407 g/mol. The van der Waals surface area contributed by atoms with E-state index in [1.54, 1.807) is 13.8 Å². The molecule has 0 unspecified atom stereocenters. The van der Waals surface area contributed by atoms with E-state index in [1.807, 2.05) is 0 Å². The summed E-state index contributed by atoms with van der Waals surface area (Å²) < 4.78 is 30.8. The summed E-state index contributed by atoms with van der Waals surface area (Å²) in [6, 6.07) is 8.16. The van der Waals surface area contributed by atoms with Crippen LogP contribution in [-0.4, -0.2) is 49.3 Å². The van der Waals surface area contributed by atoms with Crippen molar-refractivity contribution in [3.63, 3.8) is 0 Å². The monoisotopic (exact) mass is 407 g/mol. The molecule has 28 heavy (non-hydrogen) atoms. The van der Waals surface area contributed by atoms with Gasteiger partial charge in [-0.1, -0.05) is 0 Å². The summed E-state index contributed by atoms with van der Waals surface area (Å²) in [7, 11) is -2.13. The first-order chi connectivity index (χ1) is 13.1. The van der Waals surface area contributed by atoms with Gasteiger partial charge in [-0.05, 0) is 50.2 Å². The first kappa shape index (κ1) is 21.3. The minimum atomic E-state index is -3.62. The highest BCUT2D eigenvalue weighted by molar-refractivity contribution is 7.89. The molecule has 0 saturated heterocycles. The van der Waals surface area contributed by atoms with Gasteiger partial charge in [-0.3, -0.25) is 9.59 Å². The zero-order chi connectivity index (χ0) is 20.9. The molecule has 1 aromatic heterocycles. The second-order valence-corrected chi connectivity index (χ2v) is 8.17. The lowest BCUT2D eigenvalue weighted by Crippen LogP contribution is -2.33. The van der Waals surface area contributed by atoms with E-state index in [-0.39, 0.29) is 16.5 Å². The van der Waals surface area contributed by atoms with Crippen LogP contribution in [0.3, 0.4) is 0 Å². The van der Waals surface area contributed by atoms with Crippen LogP contribution in [-0.2, 0) is 19.6 Å². The fourth-order valence-corrected chi connectivity index (χ4v) is 3.51. The molecule has 1 aromatic carbocycles. The summed E-state index contributed by atoms with van der Waals surface area (Å²) in [5.41, 5.74) is -0.486. The molecule has 0 bridgehead atoms. The standard InChI is InChI=1S/C18H21N3O6S/c1-12(2)21(3)28(25,26)14-8-6-13(7-9-14)20-16(22)11-27-18(24)15-5-4-10-19-17(15)23/h4-10,12H,11H2,1-3H3,(H,19,23)(H,20,22). The van der Waals surface area contributed by atoms with Crippen molar-refractivity contribution in [2.45, 2.75) is 24.8 Å². The number of H-pyrrole nitrogens is 1. The molecule has 0 radical (unpaired) electrons. The largest absolute Gasteiger partial charge is 0.452 e. The Kier molecular flexibility index (Phi) is 6.71. The van der Waals surface area contributed by atoms with E-state index in [9.17, 15) is 22.8 Å². The number of rotatable bonds is 7. The van der Waals surface area contributed by atoms with Crippen molar-refractivity contribution in [2.75, 3.05) is 19.0 Å². The quantitative estimate of drug-likeness (QED) is 0.664. The maximum absolute atomic E-state index is 12.4. The SMILES string of the molecule is CC(C)N(C)S(=O)(=O)c1ccc(NC(=O)COC(=O)c2ccc[nH]c2=O)cc1. The number of esters is 1. The van der Waals surface area contributed by atoms with Crippen LogP contribution in [0.1, 0.15) is 24.2 Å². The lowest BCUT2D eigenvalue weighted by Gasteiger charge is -2.21. The molecule has 0 aliphatic carbocycles. The zero-order valence-corrected chi connectivity index (χ0v) is 16.4. The van der Waals surface area contributed by atoms with Crippen molar-refractivity contribution in [1.29, 1.82) is 0 Å². The smallest absolute Gasteiger partial charge is 0.344 e. The Balaban J connectivity index is 1.97. The summed E-state index contributed by atoms with van der Waals surface area (Å²) >= 11 is 0. The second kappa shape index (κ2) is 8.81. The van der Waals surface area contributed by atoms with Gasteiger partial charge >= 0.3 is 5.97 Å². The van der Waals surface area contributed by atoms with Crippen LogP contribution in [0.2, 0.25) is 0 Å². The molecule has 0 aliphatic rings. The third kappa shape index (κ3) is 5.05. The maximum atomic E-state index is 12.4. The van der Waals surface area contributed by atoms with E-state index >= 15 is 0 Å². The Labute approximate surface area is 162 Å².